The minimum Gasteiger partial charge on any atom is -0.493 e. The summed E-state index contributed by atoms with van der Waals surface area (Å²) in [6.07, 6.45) is 0.198. The molecule has 0 radical (unpaired) electrons. The van der Waals surface area contributed by atoms with Crippen molar-refractivity contribution in [2.45, 2.75) is 33.8 Å². The first kappa shape index (κ1) is 22.9. The molecule has 0 heterocycles. The number of ether oxygens (including phenoxy) is 5. The summed E-state index contributed by atoms with van der Waals surface area (Å²) in [5.41, 5.74) is 1.30. The lowest BCUT2D eigenvalue weighted by molar-refractivity contribution is -0.134. The number of rotatable bonds is 9. The van der Waals surface area contributed by atoms with Gasteiger partial charge in [-0.05, 0) is 5.56 Å². The van der Waals surface area contributed by atoms with Gasteiger partial charge >= 0.3 is 17.9 Å². The number of hydrogen-bond acceptors (Lipinski definition) is 8. The van der Waals surface area contributed by atoms with Gasteiger partial charge in [0.15, 0.2) is 23.0 Å². The molecule has 2 aromatic carbocycles. The molecule has 0 aliphatic carbocycles. The smallest absolute Gasteiger partial charge is 0.308 e. The van der Waals surface area contributed by atoms with Crippen LogP contribution in [0.15, 0.2) is 36.4 Å². The molecule has 0 fully saturated rings. The van der Waals surface area contributed by atoms with Crippen molar-refractivity contribution < 1.29 is 38.1 Å². The largest absolute Gasteiger partial charge is 0.493 e. The lowest BCUT2D eigenvalue weighted by Gasteiger charge is -2.19. The highest BCUT2D eigenvalue weighted by Crippen LogP contribution is 2.45. The summed E-state index contributed by atoms with van der Waals surface area (Å²) in [5, 5.41) is 0. The van der Waals surface area contributed by atoms with Gasteiger partial charge in [0.1, 0.15) is 0 Å². The molecule has 0 atom stereocenters. The maximum atomic E-state index is 11.7. The summed E-state index contributed by atoms with van der Waals surface area (Å²) in [4.78, 5) is 34.8. The highest BCUT2D eigenvalue weighted by atomic mass is 16.6. The van der Waals surface area contributed by atoms with E-state index in [4.69, 9.17) is 23.7 Å². The van der Waals surface area contributed by atoms with Crippen LogP contribution in [0.3, 0.4) is 0 Å². The summed E-state index contributed by atoms with van der Waals surface area (Å²) in [6.45, 7) is 4.24. The Balaban J connectivity index is 2.40. The first-order valence-electron chi connectivity index (χ1n) is 9.22. The number of hydrogen-bond donors (Lipinski definition) is 0. The van der Waals surface area contributed by atoms with Gasteiger partial charge in [-0.3, -0.25) is 14.4 Å². The van der Waals surface area contributed by atoms with Crippen LogP contribution in [0.1, 0.15) is 31.9 Å². The van der Waals surface area contributed by atoms with Crippen molar-refractivity contribution in [3.8, 4) is 23.0 Å². The van der Waals surface area contributed by atoms with Gasteiger partial charge in [-0.15, -0.1) is 0 Å². The van der Waals surface area contributed by atoms with Crippen LogP contribution >= 0.6 is 0 Å². The number of methoxy groups -OCH3 is 1. The Morgan fingerprint density at radius 3 is 1.90 bits per heavy atom. The summed E-state index contributed by atoms with van der Waals surface area (Å²) in [7, 11) is 1.38. The summed E-state index contributed by atoms with van der Waals surface area (Å²) in [5.74, 6) is -1.67. The van der Waals surface area contributed by atoms with Crippen molar-refractivity contribution in [2.24, 2.45) is 0 Å². The first-order valence-corrected chi connectivity index (χ1v) is 9.22. The Morgan fingerprint density at radius 1 is 0.800 bits per heavy atom. The maximum absolute atomic E-state index is 11.7. The zero-order chi connectivity index (χ0) is 22.1. The third kappa shape index (κ3) is 6.59. The van der Waals surface area contributed by atoms with E-state index in [0.717, 1.165) is 5.56 Å². The monoisotopic (exact) mass is 416 g/mol. The zero-order valence-corrected chi connectivity index (χ0v) is 17.4. The highest BCUT2D eigenvalue weighted by molar-refractivity contribution is 5.78. The first-order chi connectivity index (χ1) is 14.3. The third-order valence-electron chi connectivity index (χ3n) is 3.83. The predicted molar refractivity (Wildman–Crippen MR) is 107 cm³/mol. The number of esters is 3. The van der Waals surface area contributed by atoms with E-state index in [9.17, 15) is 14.4 Å². The molecule has 8 heteroatoms. The van der Waals surface area contributed by atoms with Crippen molar-refractivity contribution in [3.05, 3.63) is 47.5 Å². The summed E-state index contributed by atoms with van der Waals surface area (Å²) >= 11 is 0. The predicted octanol–water partition coefficient (Wildman–Crippen LogP) is 3.23. The van der Waals surface area contributed by atoms with Crippen LogP contribution in [0, 0.1) is 0 Å². The lowest BCUT2D eigenvalue weighted by Crippen LogP contribution is -2.14. The van der Waals surface area contributed by atoms with Crippen molar-refractivity contribution >= 4 is 17.9 Å². The van der Waals surface area contributed by atoms with Crippen LogP contribution in [0.2, 0.25) is 0 Å². The molecular formula is C22H24O8. The van der Waals surface area contributed by atoms with E-state index in [1.165, 1.54) is 33.9 Å². The second-order valence-electron chi connectivity index (χ2n) is 6.28. The Labute approximate surface area is 174 Å². The Kier molecular flexibility index (Phi) is 8.37. The fourth-order valence-corrected chi connectivity index (χ4v) is 2.71. The van der Waals surface area contributed by atoms with E-state index in [0.29, 0.717) is 12.2 Å². The van der Waals surface area contributed by atoms with E-state index in [-0.39, 0.29) is 36.0 Å². The average Bonchev–Trinajstić information content (AvgIpc) is 2.68. The van der Waals surface area contributed by atoms with Crippen molar-refractivity contribution in [1.29, 1.82) is 0 Å². The van der Waals surface area contributed by atoms with Gasteiger partial charge in [-0.1, -0.05) is 30.3 Å². The molecule has 0 aliphatic rings. The van der Waals surface area contributed by atoms with Gasteiger partial charge in [0, 0.05) is 38.8 Å². The van der Waals surface area contributed by atoms with Gasteiger partial charge in [0.05, 0.1) is 20.3 Å². The molecule has 0 saturated carbocycles. The summed E-state index contributed by atoms with van der Waals surface area (Å²) in [6, 6.07) is 10.9. The normalized spacial score (nSPS) is 10.3. The molecule has 0 N–H and O–H groups in total. The van der Waals surface area contributed by atoms with Crippen LogP contribution in [0.25, 0.3) is 0 Å². The van der Waals surface area contributed by atoms with Gasteiger partial charge in [-0.25, -0.2) is 0 Å². The third-order valence-corrected chi connectivity index (χ3v) is 3.83. The topological polar surface area (TPSA) is 97.4 Å². The standard InChI is InChI=1S/C22H24O8/c1-14(23)28-20-12-19(26-4)21(29-15(2)24)18(22(20)30-16(3)25)10-11-27-13-17-8-6-5-7-9-17/h5-9,12H,10-11,13H2,1-4H3. The fraction of sp³-hybridized carbons (Fsp3) is 0.318. The molecule has 30 heavy (non-hydrogen) atoms. The van der Waals surface area contributed by atoms with E-state index >= 15 is 0 Å². The Bertz CT molecular complexity index is 905. The fourth-order valence-electron chi connectivity index (χ4n) is 2.71. The molecule has 0 unspecified atom stereocenters. The van der Waals surface area contributed by atoms with Crippen LogP contribution < -0.4 is 18.9 Å². The van der Waals surface area contributed by atoms with Crippen molar-refractivity contribution in [1.82, 2.24) is 0 Å². The van der Waals surface area contributed by atoms with Crippen LogP contribution in [-0.2, 0) is 32.1 Å². The van der Waals surface area contributed by atoms with Crippen LogP contribution in [0.5, 0.6) is 23.0 Å². The number of carbonyl (C=O) groups is 3. The van der Waals surface area contributed by atoms with Gasteiger partial charge in [0.2, 0.25) is 0 Å². The molecule has 2 aromatic rings. The van der Waals surface area contributed by atoms with E-state index in [1.54, 1.807) is 0 Å². The average molecular weight is 416 g/mol. The molecule has 8 nitrogen and oxygen atoms in total. The zero-order valence-electron chi connectivity index (χ0n) is 17.4. The molecule has 0 aliphatic heterocycles. The van der Waals surface area contributed by atoms with Crippen LogP contribution in [0.4, 0.5) is 0 Å². The maximum Gasteiger partial charge on any atom is 0.308 e. The minimum absolute atomic E-state index is 0.0245. The molecule has 0 saturated heterocycles. The van der Waals surface area contributed by atoms with Gasteiger partial charge < -0.3 is 23.7 Å². The lowest BCUT2D eigenvalue weighted by atomic mass is 10.1. The highest BCUT2D eigenvalue weighted by Gasteiger charge is 2.25. The van der Waals surface area contributed by atoms with E-state index < -0.39 is 17.9 Å². The number of carbonyl (C=O) groups excluding carboxylic acids is 3. The Hall–Kier alpha value is -3.39. The summed E-state index contributed by atoms with van der Waals surface area (Å²) < 4.78 is 26.8. The molecule has 2 rings (SSSR count). The Morgan fingerprint density at radius 2 is 1.37 bits per heavy atom. The van der Waals surface area contributed by atoms with E-state index in [1.807, 2.05) is 30.3 Å². The molecule has 0 amide bonds. The van der Waals surface area contributed by atoms with Gasteiger partial charge in [0.25, 0.3) is 0 Å². The van der Waals surface area contributed by atoms with E-state index in [2.05, 4.69) is 0 Å². The van der Waals surface area contributed by atoms with Gasteiger partial charge in [-0.2, -0.15) is 0 Å². The second-order valence-corrected chi connectivity index (χ2v) is 6.28. The van der Waals surface area contributed by atoms with Crippen molar-refractivity contribution in [2.75, 3.05) is 13.7 Å². The molecular weight excluding hydrogens is 392 g/mol. The van der Waals surface area contributed by atoms with Crippen LogP contribution in [-0.4, -0.2) is 31.6 Å². The SMILES string of the molecule is COc1cc(OC(C)=O)c(OC(C)=O)c(CCOCc2ccccc2)c1OC(C)=O. The minimum atomic E-state index is -0.631. The van der Waals surface area contributed by atoms with Crippen molar-refractivity contribution in [3.63, 3.8) is 0 Å². The quantitative estimate of drug-likeness (QED) is 0.349. The molecule has 0 bridgehead atoms. The second kappa shape index (κ2) is 11.0. The molecule has 0 spiro atoms. The molecule has 160 valence electrons. The molecule has 0 aromatic heterocycles. The number of benzene rings is 2.